The third-order valence-corrected chi connectivity index (χ3v) is 1.60. The summed E-state index contributed by atoms with van der Waals surface area (Å²) in [7, 11) is 0. The highest BCUT2D eigenvalue weighted by Crippen LogP contribution is 1.85. The number of carbonyl (C=O) groups excluding carboxylic acids is 2. The molecule has 0 saturated carbocycles. The van der Waals surface area contributed by atoms with Crippen LogP contribution < -0.4 is 10.6 Å². The van der Waals surface area contributed by atoms with Gasteiger partial charge in [0.15, 0.2) is 0 Å². The van der Waals surface area contributed by atoms with Crippen LogP contribution in [0.2, 0.25) is 0 Å². The Morgan fingerprint density at radius 2 is 2.13 bits per heavy atom. The van der Waals surface area contributed by atoms with Crippen LogP contribution in [0.5, 0.6) is 0 Å². The van der Waals surface area contributed by atoms with Crippen LogP contribution in [0.15, 0.2) is 0 Å². The van der Waals surface area contributed by atoms with Gasteiger partial charge < -0.3 is 20.5 Å². The molecule has 88 valence electrons. The van der Waals surface area contributed by atoms with E-state index in [1.807, 2.05) is 6.92 Å². The zero-order valence-electron chi connectivity index (χ0n) is 9.08. The van der Waals surface area contributed by atoms with Gasteiger partial charge in [0.05, 0.1) is 6.61 Å². The van der Waals surface area contributed by atoms with E-state index in [1.54, 1.807) is 6.92 Å². The summed E-state index contributed by atoms with van der Waals surface area (Å²) in [4.78, 5) is 22.2. The van der Waals surface area contributed by atoms with Crippen LogP contribution in [0, 0.1) is 0 Å². The monoisotopic (exact) mass is 218 g/mol. The number of nitrogens with one attached hydrogen (secondary N) is 2. The van der Waals surface area contributed by atoms with E-state index >= 15 is 0 Å². The first-order chi connectivity index (χ1) is 7.11. The lowest BCUT2D eigenvalue weighted by molar-refractivity contribution is -0.122. The summed E-state index contributed by atoms with van der Waals surface area (Å²) in [5.74, 6) is -0.252. The van der Waals surface area contributed by atoms with Crippen molar-refractivity contribution in [2.45, 2.75) is 26.3 Å². The lowest BCUT2D eigenvalue weighted by Gasteiger charge is -2.13. The van der Waals surface area contributed by atoms with Gasteiger partial charge in [0.25, 0.3) is 0 Å². The predicted molar refractivity (Wildman–Crippen MR) is 54.3 cm³/mol. The zero-order chi connectivity index (χ0) is 11.7. The largest absolute Gasteiger partial charge is 0.447 e. The van der Waals surface area contributed by atoms with Crippen molar-refractivity contribution >= 4 is 12.0 Å². The van der Waals surface area contributed by atoms with E-state index in [9.17, 15) is 9.59 Å². The number of rotatable bonds is 6. The summed E-state index contributed by atoms with van der Waals surface area (Å²) in [6.45, 7) is 3.77. The van der Waals surface area contributed by atoms with Crippen LogP contribution in [0.1, 0.15) is 20.3 Å². The first-order valence-electron chi connectivity index (χ1n) is 4.93. The molecule has 6 heteroatoms. The maximum Gasteiger partial charge on any atom is 0.407 e. The fourth-order valence-electron chi connectivity index (χ4n) is 0.824. The molecule has 1 unspecified atom stereocenters. The lowest BCUT2D eigenvalue weighted by atomic mass is 10.3. The number of alkyl carbamates (subject to hydrolysis) is 1. The molecule has 0 spiro atoms. The second kappa shape index (κ2) is 8.05. The van der Waals surface area contributed by atoms with Gasteiger partial charge in [-0.1, -0.05) is 6.92 Å². The molecule has 0 bridgehead atoms. The van der Waals surface area contributed by atoms with Gasteiger partial charge in [-0.2, -0.15) is 0 Å². The quantitative estimate of drug-likeness (QED) is 0.567. The fourth-order valence-corrected chi connectivity index (χ4v) is 0.824. The maximum absolute atomic E-state index is 11.3. The van der Waals surface area contributed by atoms with Gasteiger partial charge in [0.2, 0.25) is 5.91 Å². The lowest BCUT2D eigenvalue weighted by Crippen LogP contribution is -2.45. The molecule has 0 radical (unpaired) electrons. The van der Waals surface area contributed by atoms with E-state index in [0.29, 0.717) is 6.54 Å². The molecule has 6 nitrogen and oxygen atoms in total. The molecule has 2 amide bonds. The summed E-state index contributed by atoms with van der Waals surface area (Å²) in [6.07, 6.45) is 0.135. The normalized spacial score (nSPS) is 11.7. The third kappa shape index (κ3) is 6.73. The summed E-state index contributed by atoms with van der Waals surface area (Å²) in [5.41, 5.74) is 0. The molecule has 0 aliphatic heterocycles. The van der Waals surface area contributed by atoms with Crippen LogP contribution >= 0.6 is 0 Å². The Morgan fingerprint density at radius 3 is 2.67 bits per heavy atom. The van der Waals surface area contributed by atoms with Gasteiger partial charge in [-0.3, -0.25) is 4.79 Å². The van der Waals surface area contributed by atoms with Crippen LogP contribution in [-0.2, 0) is 9.53 Å². The number of hydrogen-bond acceptors (Lipinski definition) is 4. The van der Waals surface area contributed by atoms with Crippen molar-refractivity contribution in [3.63, 3.8) is 0 Å². The molecule has 0 aliphatic carbocycles. The highest BCUT2D eigenvalue weighted by Gasteiger charge is 2.14. The summed E-state index contributed by atoms with van der Waals surface area (Å²) in [5, 5.41) is 13.4. The van der Waals surface area contributed by atoms with Crippen molar-refractivity contribution in [1.82, 2.24) is 10.6 Å². The number of hydrogen-bond donors (Lipinski definition) is 3. The highest BCUT2D eigenvalue weighted by molar-refractivity contribution is 5.85. The number of ether oxygens (including phenoxy) is 1. The smallest absolute Gasteiger partial charge is 0.407 e. The van der Waals surface area contributed by atoms with Crippen LogP contribution in [0.4, 0.5) is 4.79 Å². The highest BCUT2D eigenvalue weighted by atomic mass is 16.6. The van der Waals surface area contributed by atoms with Gasteiger partial charge >= 0.3 is 6.09 Å². The van der Waals surface area contributed by atoms with Crippen molar-refractivity contribution in [3.8, 4) is 0 Å². The molecule has 0 aliphatic rings. The number of carbonyl (C=O) groups is 2. The second-order valence-corrected chi connectivity index (χ2v) is 3.02. The van der Waals surface area contributed by atoms with Crippen LogP contribution in [0.3, 0.4) is 0 Å². The van der Waals surface area contributed by atoms with Crippen molar-refractivity contribution in [2.75, 3.05) is 19.8 Å². The van der Waals surface area contributed by atoms with Crippen molar-refractivity contribution in [3.05, 3.63) is 0 Å². The molecule has 0 rings (SSSR count). The minimum Gasteiger partial charge on any atom is -0.447 e. The second-order valence-electron chi connectivity index (χ2n) is 3.02. The molecule has 15 heavy (non-hydrogen) atoms. The topological polar surface area (TPSA) is 87.7 Å². The number of aliphatic hydroxyl groups excluding tert-OH is 1. The van der Waals surface area contributed by atoms with E-state index in [4.69, 9.17) is 5.11 Å². The standard InChI is InChI=1S/C9H18N2O4/c1-3-4-10-8(13)7(2)11-9(14)15-6-5-12/h7,12H,3-6H2,1-2H3,(H,10,13)(H,11,14). The average Bonchev–Trinajstić information content (AvgIpc) is 2.22. The zero-order valence-corrected chi connectivity index (χ0v) is 9.08. The van der Waals surface area contributed by atoms with E-state index < -0.39 is 12.1 Å². The van der Waals surface area contributed by atoms with Gasteiger partial charge in [-0.05, 0) is 13.3 Å². The molecule has 0 aromatic rings. The molecule has 0 fully saturated rings. The molecule has 0 aromatic carbocycles. The fraction of sp³-hybridized carbons (Fsp3) is 0.778. The minimum absolute atomic E-state index is 0.0743. The molecular weight excluding hydrogens is 200 g/mol. The maximum atomic E-state index is 11.3. The van der Waals surface area contributed by atoms with Gasteiger partial charge in [0, 0.05) is 6.54 Å². The molecule has 0 saturated heterocycles. The van der Waals surface area contributed by atoms with Gasteiger partial charge in [0.1, 0.15) is 12.6 Å². The van der Waals surface area contributed by atoms with Crippen LogP contribution in [-0.4, -0.2) is 42.9 Å². The molecular formula is C9H18N2O4. The number of aliphatic hydroxyl groups is 1. The Hall–Kier alpha value is -1.30. The van der Waals surface area contributed by atoms with Crippen LogP contribution in [0.25, 0.3) is 0 Å². The first-order valence-corrected chi connectivity index (χ1v) is 4.93. The summed E-state index contributed by atoms with van der Waals surface area (Å²) >= 11 is 0. The van der Waals surface area contributed by atoms with E-state index in [-0.39, 0.29) is 19.1 Å². The molecule has 1 atom stereocenters. The van der Waals surface area contributed by atoms with E-state index in [1.165, 1.54) is 0 Å². The molecule has 0 aromatic heterocycles. The Kier molecular flexibility index (Phi) is 7.35. The van der Waals surface area contributed by atoms with E-state index in [2.05, 4.69) is 15.4 Å². The van der Waals surface area contributed by atoms with Crippen molar-refractivity contribution < 1.29 is 19.4 Å². The third-order valence-electron chi connectivity index (χ3n) is 1.60. The summed E-state index contributed by atoms with van der Waals surface area (Å²) < 4.78 is 4.54. The van der Waals surface area contributed by atoms with Crippen molar-refractivity contribution in [1.29, 1.82) is 0 Å². The minimum atomic E-state index is -0.705. The first kappa shape index (κ1) is 13.7. The molecule has 3 N–H and O–H groups in total. The average molecular weight is 218 g/mol. The van der Waals surface area contributed by atoms with Crippen molar-refractivity contribution in [2.24, 2.45) is 0 Å². The Bertz CT molecular complexity index is 208. The Morgan fingerprint density at radius 1 is 1.47 bits per heavy atom. The number of amides is 2. The van der Waals surface area contributed by atoms with Gasteiger partial charge in [-0.15, -0.1) is 0 Å². The molecule has 0 heterocycles. The predicted octanol–water partition coefficient (Wildman–Crippen LogP) is -0.380. The Balaban J connectivity index is 3.75. The SMILES string of the molecule is CCCNC(=O)C(C)NC(=O)OCCO. The van der Waals surface area contributed by atoms with E-state index in [0.717, 1.165) is 6.42 Å². The summed E-state index contributed by atoms with van der Waals surface area (Å²) in [6, 6.07) is -0.636. The Labute approximate surface area is 89.0 Å². The van der Waals surface area contributed by atoms with Gasteiger partial charge in [-0.25, -0.2) is 4.79 Å².